The minimum atomic E-state index is -0.967. The maximum absolute atomic E-state index is 13.1. The summed E-state index contributed by atoms with van der Waals surface area (Å²) in [7, 11) is 0. The fraction of sp³-hybridized carbons (Fsp3) is 0.188. The van der Waals surface area contributed by atoms with Crippen LogP contribution in [0.5, 0.6) is 0 Å². The number of fused-ring (bicyclic) bond motifs is 1. The third-order valence-electron chi connectivity index (χ3n) is 3.38. The van der Waals surface area contributed by atoms with Crippen LogP contribution in [0.2, 0.25) is 0 Å². The third kappa shape index (κ3) is 2.93. The lowest BCUT2D eigenvalue weighted by atomic mass is 10.1. The second-order valence-corrected chi connectivity index (χ2v) is 6.28. The summed E-state index contributed by atoms with van der Waals surface area (Å²) in [4.78, 5) is 13.3. The summed E-state index contributed by atoms with van der Waals surface area (Å²) in [5, 5.41) is 2.39. The molecule has 0 aromatic heterocycles. The molecule has 2 nitrogen and oxygen atoms in total. The molecular weight excluding hydrogens is 292 g/mol. The molecule has 108 valence electrons. The molecule has 0 spiro atoms. The van der Waals surface area contributed by atoms with Crippen LogP contribution in [0.15, 0.2) is 41.3 Å². The summed E-state index contributed by atoms with van der Waals surface area (Å²) in [5.41, 5.74) is 2.57. The van der Waals surface area contributed by atoms with E-state index in [0.29, 0.717) is 6.42 Å². The molecule has 2 aromatic rings. The Morgan fingerprint density at radius 2 is 2.00 bits per heavy atom. The van der Waals surface area contributed by atoms with Crippen molar-refractivity contribution in [3.8, 4) is 0 Å². The number of carbonyl (C=O) groups excluding carboxylic acids is 1. The van der Waals surface area contributed by atoms with Gasteiger partial charge in [0.1, 0.15) is 0 Å². The van der Waals surface area contributed by atoms with Crippen molar-refractivity contribution in [2.45, 2.75) is 23.5 Å². The third-order valence-corrected chi connectivity index (χ3v) is 4.68. The molecule has 3 rings (SSSR count). The van der Waals surface area contributed by atoms with E-state index in [4.69, 9.17) is 0 Å². The highest BCUT2D eigenvalue weighted by Crippen LogP contribution is 2.38. The Hall–Kier alpha value is -1.88. The van der Waals surface area contributed by atoms with E-state index >= 15 is 0 Å². The zero-order chi connectivity index (χ0) is 15.0. The maximum Gasteiger partial charge on any atom is 0.238 e. The predicted octanol–water partition coefficient (Wildman–Crippen LogP) is 3.93. The van der Waals surface area contributed by atoms with Crippen LogP contribution in [0.1, 0.15) is 11.1 Å². The monoisotopic (exact) mass is 305 g/mol. The van der Waals surface area contributed by atoms with E-state index in [2.05, 4.69) is 11.4 Å². The maximum atomic E-state index is 13.1. The quantitative estimate of drug-likeness (QED) is 0.911. The highest BCUT2D eigenvalue weighted by atomic mass is 32.2. The Morgan fingerprint density at radius 1 is 1.19 bits per heavy atom. The van der Waals surface area contributed by atoms with Crippen molar-refractivity contribution in [3.05, 3.63) is 59.2 Å². The molecule has 1 aliphatic rings. The van der Waals surface area contributed by atoms with E-state index in [9.17, 15) is 13.6 Å². The van der Waals surface area contributed by atoms with Crippen LogP contribution in [0.3, 0.4) is 0 Å². The van der Waals surface area contributed by atoms with Gasteiger partial charge in [-0.3, -0.25) is 4.79 Å². The summed E-state index contributed by atoms with van der Waals surface area (Å²) in [6, 6.07) is 9.46. The van der Waals surface area contributed by atoms with Crippen molar-refractivity contribution in [3.63, 3.8) is 0 Å². The first-order valence-corrected chi connectivity index (χ1v) is 7.43. The highest BCUT2D eigenvalue weighted by Gasteiger charge is 2.28. The molecule has 1 amide bonds. The summed E-state index contributed by atoms with van der Waals surface area (Å²) in [6.07, 6.45) is 0.649. The SMILES string of the molecule is Cc1ccc2c(c1)SC(C(=O)Nc1ccc(F)c(F)c1)C2. The van der Waals surface area contributed by atoms with Gasteiger partial charge in [0.15, 0.2) is 11.6 Å². The van der Waals surface area contributed by atoms with Gasteiger partial charge < -0.3 is 5.32 Å². The van der Waals surface area contributed by atoms with E-state index in [1.54, 1.807) is 0 Å². The van der Waals surface area contributed by atoms with Crippen LogP contribution in [0, 0.1) is 18.6 Å². The van der Waals surface area contributed by atoms with Crippen LogP contribution in [0.25, 0.3) is 0 Å². The second kappa shape index (κ2) is 5.48. The van der Waals surface area contributed by atoms with Crippen molar-refractivity contribution < 1.29 is 13.6 Å². The van der Waals surface area contributed by atoms with Crippen LogP contribution in [-0.2, 0) is 11.2 Å². The number of benzene rings is 2. The van der Waals surface area contributed by atoms with Gasteiger partial charge in [0.2, 0.25) is 5.91 Å². The van der Waals surface area contributed by atoms with Crippen molar-refractivity contribution in [1.29, 1.82) is 0 Å². The van der Waals surface area contributed by atoms with E-state index in [1.807, 2.05) is 19.1 Å². The number of hydrogen-bond donors (Lipinski definition) is 1. The van der Waals surface area contributed by atoms with Crippen molar-refractivity contribution in [1.82, 2.24) is 0 Å². The second-order valence-electron chi connectivity index (χ2n) is 5.04. The predicted molar refractivity (Wildman–Crippen MR) is 79.5 cm³/mol. The van der Waals surface area contributed by atoms with Gasteiger partial charge in [-0.05, 0) is 37.1 Å². The molecular formula is C16H13F2NOS. The van der Waals surface area contributed by atoms with Crippen LogP contribution < -0.4 is 5.32 Å². The molecule has 2 aromatic carbocycles. The number of nitrogens with one attached hydrogen (secondary N) is 1. The summed E-state index contributed by atoms with van der Waals surface area (Å²) in [6.45, 7) is 2.01. The number of hydrogen-bond acceptors (Lipinski definition) is 2. The zero-order valence-electron chi connectivity index (χ0n) is 11.3. The van der Waals surface area contributed by atoms with Gasteiger partial charge in [0, 0.05) is 16.6 Å². The van der Waals surface area contributed by atoms with Gasteiger partial charge in [0.25, 0.3) is 0 Å². The lowest BCUT2D eigenvalue weighted by Crippen LogP contribution is -2.24. The summed E-state index contributed by atoms with van der Waals surface area (Å²) >= 11 is 1.51. The van der Waals surface area contributed by atoms with Crippen LogP contribution in [-0.4, -0.2) is 11.2 Å². The van der Waals surface area contributed by atoms with Gasteiger partial charge in [0.05, 0.1) is 5.25 Å². The average Bonchev–Trinajstić information content (AvgIpc) is 2.86. The van der Waals surface area contributed by atoms with E-state index in [0.717, 1.165) is 28.2 Å². The van der Waals surface area contributed by atoms with E-state index < -0.39 is 11.6 Å². The Balaban J connectivity index is 1.71. The minimum absolute atomic E-state index is 0.195. The highest BCUT2D eigenvalue weighted by molar-refractivity contribution is 8.01. The molecule has 0 aliphatic carbocycles. The Morgan fingerprint density at radius 3 is 2.76 bits per heavy atom. The molecule has 1 aliphatic heterocycles. The molecule has 0 saturated heterocycles. The molecule has 5 heteroatoms. The number of halogens is 2. The number of amides is 1. The van der Waals surface area contributed by atoms with Crippen LogP contribution >= 0.6 is 11.8 Å². The van der Waals surface area contributed by atoms with Crippen molar-refractivity contribution in [2.24, 2.45) is 0 Å². The largest absolute Gasteiger partial charge is 0.325 e. The fourth-order valence-corrected chi connectivity index (χ4v) is 3.57. The normalized spacial score (nSPS) is 16.6. The Kier molecular flexibility index (Phi) is 3.68. The molecule has 0 radical (unpaired) electrons. The first-order chi connectivity index (χ1) is 10.0. The molecule has 21 heavy (non-hydrogen) atoms. The number of rotatable bonds is 2. The lowest BCUT2D eigenvalue weighted by Gasteiger charge is -2.10. The zero-order valence-corrected chi connectivity index (χ0v) is 12.1. The van der Waals surface area contributed by atoms with Gasteiger partial charge in [-0.2, -0.15) is 0 Å². The summed E-state index contributed by atoms with van der Waals surface area (Å²) in [5.74, 6) is -2.09. The summed E-state index contributed by atoms with van der Waals surface area (Å²) < 4.78 is 26.0. The smallest absolute Gasteiger partial charge is 0.238 e. The molecule has 0 bridgehead atoms. The van der Waals surface area contributed by atoms with Crippen LogP contribution in [0.4, 0.5) is 14.5 Å². The number of carbonyl (C=O) groups is 1. The molecule has 1 heterocycles. The van der Waals surface area contributed by atoms with Crippen molar-refractivity contribution >= 4 is 23.4 Å². The minimum Gasteiger partial charge on any atom is -0.325 e. The van der Waals surface area contributed by atoms with Crippen molar-refractivity contribution in [2.75, 3.05) is 5.32 Å². The van der Waals surface area contributed by atoms with E-state index in [1.165, 1.54) is 17.8 Å². The number of aryl methyl sites for hydroxylation is 1. The molecule has 1 N–H and O–H groups in total. The standard InChI is InChI=1S/C16H13F2NOS/c1-9-2-3-10-7-15(21-14(10)6-9)16(20)19-11-4-5-12(17)13(18)8-11/h2-6,8,15H,7H2,1H3,(H,19,20). The molecule has 1 unspecified atom stereocenters. The fourth-order valence-electron chi connectivity index (χ4n) is 2.28. The average molecular weight is 305 g/mol. The molecule has 0 fully saturated rings. The molecule has 1 atom stereocenters. The van der Waals surface area contributed by atoms with Gasteiger partial charge in [-0.1, -0.05) is 17.7 Å². The number of anilines is 1. The first-order valence-electron chi connectivity index (χ1n) is 6.55. The molecule has 0 saturated carbocycles. The van der Waals surface area contributed by atoms with Gasteiger partial charge in [-0.15, -0.1) is 11.8 Å². The lowest BCUT2D eigenvalue weighted by molar-refractivity contribution is -0.115. The topological polar surface area (TPSA) is 29.1 Å². The van der Waals surface area contributed by atoms with Gasteiger partial charge in [-0.25, -0.2) is 8.78 Å². The van der Waals surface area contributed by atoms with E-state index in [-0.39, 0.29) is 16.8 Å². The Labute approximate surface area is 125 Å². The first kappa shape index (κ1) is 14.1. The Bertz CT molecular complexity index is 717. The number of thioether (sulfide) groups is 1. The van der Waals surface area contributed by atoms with Gasteiger partial charge >= 0.3 is 0 Å².